The molecule has 1 unspecified atom stereocenters. The molecule has 0 aliphatic carbocycles. The molecule has 3 aromatic rings. The molecule has 0 saturated heterocycles. The Hall–Kier alpha value is -2.34. The second-order valence-electron chi connectivity index (χ2n) is 5.45. The van der Waals surface area contributed by atoms with Gasteiger partial charge in [0.25, 0.3) is 0 Å². The number of hydrogen-bond acceptors (Lipinski definition) is 5. The summed E-state index contributed by atoms with van der Waals surface area (Å²) in [6.07, 6.45) is 2.05. The lowest BCUT2D eigenvalue weighted by Gasteiger charge is -2.20. The summed E-state index contributed by atoms with van der Waals surface area (Å²) in [6.45, 7) is 0. The Morgan fingerprint density at radius 1 is 0.963 bits per heavy atom. The molecule has 0 spiro atoms. The van der Waals surface area contributed by atoms with Gasteiger partial charge in [-0.15, -0.1) is 0 Å². The first kappa shape index (κ1) is 19.4. The molecule has 1 aromatic heterocycles. The number of benzene rings is 2. The number of rotatable bonds is 5. The van der Waals surface area contributed by atoms with Crippen molar-refractivity contribution in [1.29, 1.82) is 0 Å². The number of ether oxygens (including phenoxy) is 2. The van der Waals surface area contributed by atoms with Crippen LogP contribution in [0, 0.1) is 0 Å². The summed E-state index contributed by atoms with van der Waals surface area (Å²) in [5.74, 6) is -0.363. The second kappa shape index (κ2) is 8.57. The van der Waals surface area contributed by atoms with E-state index in [-0.39, 0.29) is 11.6 Å². The first-order valence-electron chi connectivity index (χ1n) is 7.75. The molecule has 1 heterocycles. The maximum absolute atomic E-state index is 11.5. The zero-order chi connectivity index (χ0) is 19.4. The third kappa shape index (κ3) is 4.69. The fourth-order valence-electron chi connectivity index (χ4n) is 2.37. The van der Waals surface area contributed by atoms with Crippen LogP contribution in [0.1, 0.15) is 27.7 Å². The summed E-state index contributed by atoms with van der Waals surface area (Å²) < 4.78 is 10.6. The van der Waals surface area contributed by atoms with Crippen molar-refractivity contribution in [2.24, 2.45) is 0 Å². The van der Waals surface area contributed by atoms with Crippen molar-refractivity contribution in [2.45, 2.75) is 6.10 Å². The molecule has 0 N–H and O–H groups in total. The standard InChI is InChI=1S/C19H13Cl3N2O3/c1-26-19(25)16-9-24-17(10-23-16)27-18(11-2-4-12(20)5-3-11)14-7-6-13(21)8-15(14)22/h2-10,18H,1H3. The van der Waals surface area contributed by atoms with E-state index in [1.165, 1.54) is 19.5 Å². The van der Waals surface area contributed by atoms with Crippen LogP contribution in [0.3, 0.4) is 0 Å². The van der Waals surface area contributed by atoms with Gasteiger partial charge in [-0.2, -0.15) is 0 Å². The third-order valence-corrected chi connectivity index (χ3v) is 4.49. The van der Waals surface area contributed by atoms with E-state index in [4.69, 9.17) is 39.5 Å². The van der Waals surface area contributed by atoms with Gasteiger partial charge >= 0.3 is 5.97 Å². The van der Waals surface area contributed by atoms with Gasteiger partial charge in [-0.05, 0) is 29.8 Å². The number of carbonyl (C=O) groups excluding carboxylic acids is 1. The van der Waals surface area contributed by atoms with Crippen LogP contribution in [-0.4, -0.2) is 23.0 Å². The highest BCUT2D eigenvalue weighted by Gasteiger charge is 2.21. The van der Waals surface area contributed by atoms with Crippen molar-refractivity contribution < 1.29 is 14.3 Å². The van der Waals surface area contributed by atoms with Gasteiger partial charge in [-0.25, -0.2) is 14.8 Å². The maximum Gasteiger partial charge on any atom is 0.358 e. The van der Waals surface area contributed by atoms with Crippen LogP contribution in [0.5, 0.6) is 5.88 Å². The minimum atomic E-state index is -0.580. The van der Waals surface area contributed by atoms with Gasteiger partial charge in [0.1, 0.15) is 0 Å². The fraction of sp³-hybridized carbons (Fsp3) is 0.105. The van der Waals surface area contributed by atoms with Crippen LogP contribution in [0.2, 0.25) is 15.1 Å². The summed E-state index contributed by atoms with van der Waals surface area (Å²) in [5, 5.41) is 1.56. The van der Waals surface area contributed by atoms with Crippen LogP contribution in [0.25, 0.3) is 0 Å². The van der Waals surface area contributed by atoms with Crippen molar-refractivity contribution >= 4 is 40.8 Å². The Kier molecular flexibility index (Phi) is 6.16. The summed E-state index contributed by atoms with van der Waals surface area (Å²) >= 11 is 18.4. The van der Waals surface area contributed by atoms with Gasteiger partial charge < -0.3 is 9.47 Å². The van der Waals surface area contributed by atoms with Gasteiger partial charge in [0.05, 0.1) is 19.5 Å². The lowest BCUT2D eigenvalue weighted by Crippen LogP contribution is -2.12. The molecular formula is C19H13Cl3N2O3. The Balaban J connectivity index is 1.97. The molecule has 2 aromatic carbocycles. The number of aromatic nitrogens is 2. The Bertz CT molecular complexity index is 947. The SMILES string of the molecule is COC(=O)c1cnc(OC(c2ccc(Cl)cc2)c2ccc(Cl)cc2Cl)cn1. The van der Waals surface area contributed by atoms with E-state index in [9.17, 15) is 4.79 Å². The van der Waals surface area contributed by atoms with Crippen LogP contribution < -0.4 is 4.74 Å². The highest BCUT2D eigenvalue weighted by molar-refractivity contribution is 6.35. The van der Waals surface area contributed by atoms with E-state index in [0.717, 1.165) is 5.56 Å². The van der Waals surface area contributed by atoms with E-state index >= 15 is 0 Å². The first-order chi connectivity index (χ1) is 13.0. The highest BCUT2D eigenvalue weighted by atomic mass is 35.5. The van der Waals surface area contributed by atoms with Crippen molar-refractivity contribution in [3.63, 3.8) is 0 Å². The topological polar surface area (TPSA) is 61.3 Å². The van der Waals surface area contributed by atoms with Crippen LogP contribution >= 0.6 is 34.8 Å². The van der Waals surface area contributed by atoms with Gasteiger partial charge in [-0.3, -0.25) is 0 Å². The number of halogens is 3. The van der Waals surface area contributed by atoms with Crippen molar-refractivity contribution in [1.82, 2.24) is 9.97 Å². The summed E-state index contributed by atoms with van der Waals surface area (Å²) in [4.78, 5) is 19.6. The first-order valence-corrected chi connectivity index (χ1v) is 8.88. The molecular weight excluding hydrogens is 411 g/mol. The lowest BCUT2D eigenvalue weighted by atomic mass is 10.0. The molecule has 0 bridgehead atoms. The molecule has 1 atom stereocenters. The molecule has 3 rings (SSSR count). The van der Waals surface area contributed by atoms with Gasteiger partial charge in [-0.1, -0.05) is 53.0 Å². The summed E-state index contributed by atoms with van der Waals surface area (Å²) in [5.41, 5.74) is 1.59. The second-order valence-corrected chi connectivity index (χ2v) is 6.73. The smallest absolute Gasteiger partial charge is 0.358 e. The Labute approximate surface area is 170 Å². The average Bonchev–Trinajstić information content (AvgIpc) is 2.67. The summed E-state index contributed by atoms with van der Waals surface area (Å²) in [7, 11) is 1.27. The zero-order valence-electron chi connectivity index (χ0n) is 14.0. The average molecular weight is 424 g/mol. The molecule has 5 nitrogen and oxygen atoms in total. The Morgan fingerprint density at radius 3 is 2.26 bits per heavy atom. The number of esters is 1. The van der Waals surface area contributed by atoms with E-state index in [0.29, 0.717) is 20.6 Å². The van der Waals surface area contributed by atoms with Crippen molar-refractivity contribution in [3.05, 3.63) is 86.7 Å². The van der Waals surface area contributed by atoms with Crippen LogP contribution in [0.15, 0.2) is 54.9 Å². The zero-order valence-corrected chi connectivity index (χ0v) is 16.3. The number of nitrogens with zero attached hydrogens (tertiary/aromatic N) is 2. The minimum Gasteiger partial charge on any atom is -0.464 e. The maximum atomic E-state index is 11.5. The van der Waals surface area contributed by atoms with E-state index < -0.39 is 12.1 Å². The Morgan fingerprint density at radius 2 is 1.67 bits per heavy atom. The van der Waals surface area contributed by atoms with Gasteiger partial charge in [0.15, 0.2) is 11.8 Å². The molecule has 138 valence electrons. The number of methoxy groups -OCH3 is 1. The number of hydrogen-bond donors (Lipinski definition) is 0. The molecule has 0 saturated carbocycles. The molecule has 0 radical (unpaired) electrons. The largest absolute Gasteiger partial charge is 0.464 e. The molecule has 8 heteroatoms. The van der Waals surface area contributed by atoms with E-state index in [2.05, 4.69) is 14.7 Å². The predicted octanol–water partition coefficient (Wildman–Crippen LogP) is 5.39. The minimum absolute atomic E-state index is 0.0809. The number of carbonyl (C=O) groups is 1. The monoisotopic (exact) mass is 422 g/mol. The molecule has 0 amide bonds. The van der Waals surface area contributed by atoms with Crippen molar-refractivity contribution in [2.75, 3.05) is 7.11 Å². The molecule has 27 heavy (non-hydrogen) atoms. The third-order valence-electron chi connectivity index (χ3n) is 3.68. The quantitative estimate of drug-likeness (QED) is 0.515. The molecule has 0 aliphatic heterocycles. The molecule has 0 fully saturated rings. The van der Waals surface area contributed by atoms with E-state index in [1.807, 2.05) is 12.1 Å². The molecule has 0 aliphatic rings. The van der Waals surface area contributed by atoms with E-state index in [1.54, 1.807) is 30.3 Å². The van der Waals surface area contributed by atoms with Crippen LogP contribution in [-0.2, 0) is 4.74 Å². The predicted molar refractivity (Wildman–Crippen MR) is 104 cm³/mol. The van der Waals surface area contributed by atoms with Crippen LogP contribution in [0.4, 0.5) is 0 Å². The highest BCUT2D eigenvalue weighted by Crippen LogP contribution is 2.34. The van der Waals surface area contributed by atoms with Gasteiger partial charge in [0.2, 0.25) is 5.88 Å². The summed E-state index contributed by atoms with van der Waals surface area (Å²) in [6, 6.07) is 12.3. The normalized spacial score (nSPS) is 11.7. The van der Waals surface area contributed by atoms with Gasteiger partial charge in [0, 0.05) is 20.6 Å². The lowest BCUT2D eigenvalue weighted by molar-refractivity contribution is 0.0593. The van der Waals surface area contributed by atoms with Crippen molar-refractivity contribution in [3.8, 4) is 5.88 Å². The fourth-order valence-corrected chi connectivity index (χ4v) is 3.00.